The predicted molar refractivity (Wildman–Crippen MR) is 105 cm³/mol. The van der Waals surface area contributed by atoms with Crippen molar-refractivity contribution in [2.45, 2.75) is 39.2 Å². The van der Waals surface area contributed by atoms with Crippen LogP contribution < -0.4 is 5.32 Å². The van der Waals surface area contributed by atoms with Gasteiger partial charge >= 0.3 is 5.97 Å². The average molecular weight is 376 g/mol. The van der Waals surface area contributed by atoms with E-state index in [-0.39, 0.29) is 17.0 Å². The molecule has 2 rings (SSSR count). The molecular formula is C18H24N4O3S. The number of thiocarbonyl (C=S) groups is 1. The molecule has 0 atom stereocenters. The number of rotatable bonds is 8. The lowest BCUT2D eigenvalue weighted by atomic mass is 10.2. The van der Waals surface area contributed by atoms with Gasteiger partial charge in [-0.15, -0.1) is 10.2 Å². The second-order valence-corrected chi connectivity index (χ2v) is 6.14. The number of methoxy groups -OCH3 is 1. The zero-order chi connectivity index (χ0) is 18.9. The van der Waals surface area contributed by atoms with Crippen LogP contribution in [0.1, 0.15) is 32.6 Å². The summed E-state index contributed by atoms with van der Waals surface area (Å²) in [4.78, 5) is 11.0. The zero-order valence-electron chi connectivity index (χ0n) is 15.1. The summed E-state index contributed by atoms with van der Waals surface area (Å²) in [5.41, 5.74) is 1.33. The number of aromatic nitrogens is 1. The van der Waals surface area contributed by atoms with Crippen molar-refractivity contribution >= 4 is 39.9 Å². The fourth-order valence-electron chi connectivity index (χ4n) is 2.69. The molecular weight excluding hydrogens is 352 g/mol. The third-order valence-corrected chi connectivity index (χ3v) is 4.26. The SMILES string of the molecule is CCn1c(O)c(N=NC(=S)NCCCCCC(=O)OC)c2ccccc21. The van der Waals surface area contributed by atoms with Crippen molar-refractivity contribution in [1.29, 1.82) is 0 Å². The summed E-state index contributed by atoms with van der Waals surface area (Å²) in [5, 5.41) is 22.6. The third kappa shape index (κ3) is 5.01. The zero-order valence-corrected chi connectivity index (χ0v) is 15.9. The number of benzene rings is 1. The van der Waals surface area contributed by atoms with Crippen molar-refractivity contribution in [3.8, 4) is 5.88 Å². The van der Waals surface area contributed by atoms with E-state index in [1.807, 2.05) is 31.2 Å². The Morgan fingerprint density at radius 1 is 1.31 bits per heavy atom. The van der Waals surface area contributed by atoms with Gasteiger partial charge in [-0.1, -0.05) is 24.6 Å². The van der Waals surface area contributed by atoms with Crippen LogP contribution in [0.2, 0.25) is 0 Å². The molecule has 8 heteroatoms. The van der Waals surface area contributed by atoms with Gasteiger partial charge in [0.1, 0.15) is 0 Å². The molecule has 0 aliphatic rings. The molecule has 0 aliphatic carbocycles. The van der Waals surface area contributed by atoms with Crippen molar-refractivity contribution in [2.75, 3.05) is 13.7 Å². The maximum atomic E-state index is 11.0. The number of carbonyl (C=O) groups excluding carboxylic acids is 1. The van der Waals surface area contributed by atoms with Gasteiger partial charge in [-0.3, -0.25) is 4.79 Å². The standard InChI is InChI=1S/C18H24N4O3S/c1-3-22-14-10-7-6-9-13(14)16(17(22)24)20-21-18(26)19-12-8-4-5-11-15(23)25-2/h6-7,9-10,24H,3-5,8,11-12H2,1-2H3,(H,19,26). The highest BCUT2D eigenvalue weighted by molar-refractivity contribution is 7.80. The smallest absolute Gasteiger partial charge is 0.305 e. The molecule has 0 radical (unpaired) electrons. The molecule has 0 saturated carbocycles. The number of hydrogen-bond acceptors (Lipinski definition) is 5. The average Bonchev–Trinajstić information content (AvgIpc) is 2.93. The molecule has 0 spiro atoms. The molecule has 0 amide bonds. The summed E-state index contributed by atoms with van der Waals surface area (Å²) in [5.74, 6) is -0.101. The molecule has 0 aliphatic heterocycles. The molecule has 2 aromatic rings. The molecule has 7 nitrogen and oxygen atoms in total. The largest absolute Gasteiger partial charge is 0.493 e. The normalized spacial score (nSPS) is 11.2. The predicted octanol–water partition coefficient (Wildman–Crippen LogP) is 4.06. The van der Waals surface area contributed by atoms with E-state index >= 15 is 0 Å². The quantitative estimate of drug-likeness (QED) is 0.314. The van der Waals surface area contributed by atoms with Crippen LogP contribution in [0.25, 0.3) is 10.9 Å². The maximum Gasteiger partial charge on any atom is 0.305 e. The number of unbranched alkanes of at least 4 members (excludes halogenated alkanes) is 2. The van der Waals surface area contributed by atoms with E-state index in [1.54, 1.807) is 4.57 Å². The highest BCUT2D eigenvalue weighted by atomic mass is 32.1. The lowest BCUT2D eigenvalue weighted by molar-refractivity contribution is -0.140. The highest BCUT2D eigenvalue weighted by Gasteiger charge is 2.15. The van der Waals surface area contributed by atoms with Crippen LogP contribution in [-0.4, -0.2) is 34.4 Å². The number of esters is 1. The minimum absolute atomic E-state index is 0.0862. The number of nitrogens with one attached hydrogen (secondary N) is 1. The molecule has 0 unspecified atom stereocenters. The first-order valence-corrected chi connectivity index (χ1v) is 9.05. The first kappa shape index (κ1) is 19.8. The van der Waals surface area contributed by atoms with E-state index in [2.05, 4.69) is 20.3 Å². The van der Waals surface area contributed by atoms with Gasteiger partial charge in [0.2, 0.25) is 11.0 Å². The first-order chi connectivity index (χ1) is 12.6. The van der Waals surface area contributed by atoms with Crippen LogP contribution in [0.5, 0.6) is 5.88 Å². The Kier molecular flexibility index (Phi) is 7.53. The van der Waals surface area contributed by atoms with Gasteiger partial charge in [-0.2, -0.15) is 0 Å². The summed E-state index contributed by atoms with van der Waals surface area (Å²) < 4.78 is 6.37. The van der Waals surface area contributed by atoms with Gasteiger partial charge in [0.25, 0.3) is 0 Å². The van der Waals surface area contributed by atoms with E-state index in [4.69, 9.17) is 12.2 Å². The van der Waals surface area contributed by atoms with Crippen molar-refractivity contribution < 1.29 is 14.6 Å². The number of aromatic hydroxyl groups is 1. The third-order valence-electron chi connectivity index (χ3n) is 4.04. The topological polar surface area (TPSA) is 88.2 Å². The van der Waals surface area contributed by atoms with E-state index < -0.39 is 0 Å². The minimum Gasteiger partial charge on any atom is -0.493 e. The molecule has 0 bridgehead atoms. The number of hydrogen-bond donors (Lipinski definition) is 2. The Hall–Kier alpha value is -2.48. The fourth-order valence-corrected chi connectivity index (χ4v) is 2.83. The molecule has 1 aromatic carbocycles. The van der Waals surface area contributed by atoms with Crippen molar-refractivity contribution in [1.82, 2.24) is 9.88 Å². The maximum absolute atomic E-state index is 11.0. The number of para-hydroxylation sites is 1. The lowest BCUT2D eigenvalue weighted by Gasteiger charge is -2.03. The number of fused-ring (bicyclic) bond motifs is 1. The van der Waals surface area contributed by atoms with E-state index in [9.17, 15) is 9.90 Å². The lowest BCUT2D eigenvalue weighted by Crippen LogP contribution is -2.20. The molecule has 140 valence electrons. The van der Waals surface area contributed by atoms with Gasteiger partial charge in [0, 0.05) is 24.9 Å². The number of ether oxygens (including phenoxy) is 1. The second kappa shape index (κ2) is 9.86. The second-order valence-electron chi connectivity index (χ2n) is 5.75. The van der Waals surface area contributed by atoms with E-state index in [0.29, 0.717) is 25.2 Å². The number of aryl methyl sites for hydroxylation is 1. The van der Waals surface area contributed by atoms with Crippen molar-refractivity contribution in [3.63, 3.8) is 0 Å². The molecule has 2 N–H and O–H groups in total. The fraction of sp³-hybridized carbons (Fsp3) is 0.444. The van der Waals surface area contributed by atoms with Crippen molar-refractivity contribution in [3.05, 3.63) is 24.3 Å². The van der Waals surface area contributed by atoms with Gasteiger partial charge in [0.05, 0.1) is 12.6 Å². The van der Waals surface area contributed by atoms with E-state index in [0.717, 1.165) is 30.2 Å². The molecule has 26 heavy (non-hydrogen) atoms. The summed E-state index contributed by atoms with van der Waals surface area (Å²) in [6, 6.07) is 7.64. The van der Waals surface area contributed by atoms with Crippen LogP contribution >= 0.6 is 12.2 Å². The van der Waals surface area contributed by atoms with Crippen LogP contribution in [0.4, 0.5) is 5.69 Å². The summed E-state index contributed by atoms with van der Waals surface area (Å²) in [6.07, 6.45) is 2.98. The molecule has 0 saturated heterocycles. The van der Waals surface area contributed by atoms with Gasteiger partial charge in [-0.05, 0) is 38.0 Å². The Morgan fingerprint density at radius 3 is 2.81 bits per heavy atom. The Morgan fingerprint density at radius 2 is 2.08 bits per heavy atom. The number of nitrogens with zero attached hydrogens (tertiary/aromatic N) is 3. The first-order valence-electron chi connectivity index (χ1n) is 8.65. The Bertz CT molecular complexity index is 801. The Labute approximate surface area is 158 Å². The van der Waals surface area contributed by atoms with Gasteiger partial charge in [0.15, 0.2) is 5.69 Å². The van der Waals surface area contributed by atoms with Crippen LogP contribution in [0, 0.1) is 0 Å². The number of carbonyl (C=O) groups is 1. The van der Waals surface area contributed by atoms with Crippen LogP contribution in [-0.2, 0) is 16.1 Å². The molecule has 1 heterocycles. The highest BCUT2D eigenvalue weighted by Crippen LogP contribution is 2.38. The number of azo groups is 1. The van der Waals surface area contributed by atoms with Gasteiger partial charge < -0.3 is 19.7 Å². The molecule has 1 aromatic heterocycles. The van der Waals surface area contributed by atoms with Crippen LogP contribution in [0.15, 0.2) is 34.5 Å². The monoisotopic (exact) mass is 376 g/mol. The summed E-state index contributed by atoms with van der Waals surface area (Å²) in [7, 11) is 1.39. The Balaban J connectivity index is 1.88. The minimum atomic E-state index is -0.187. The van der Waals surface area contributed by atoms with Gasteiger partial charge in [-0.25, -0.2) is 0 Å². The van der Waals surface area contributed by atoms with Crippen molar-refractivity contribution in [2.24, 2.45) is 10.2 Å². The van der Waals surface area contributed by atoms with E-state index in [1.165, 1.54) is 7.11 Å². The molecule has 0 fully saturated rings. The van der Waals surface area contributed by atoms with Crippen LogP contribution in [0.3, 0.4) is 0 Å². The summed E-state index contributed by atoms with van der Waals surface area (Å²) in [6.45, 7) is 3.25. The summed E-state index contributed by atoms with van der Waals surface area (Å²) >= 11 is 5.16.